The van der Waals surface area contributed by atoms with Crippen LogP contribution in [-0.2, 0) is 0 Å². The summed E-state index contributed by atoms with van der Waals surface area (Å²) in [6, 6.07) is 7.79. The first-order valence-corrected chi connectivity index (χ1v) is 3.66. The second-order valence-electron chi connectivity index (χ2n) is 2.54. The van der Waals surface area contributed by atoms with Crippen LogP contribution in [0.5, 0.6) is 0 Å². The van der Waals surface area contributed by atoms with Gasteiger partial charge >= 0.3 is 0 Å². The number of benzene rings is 1. The van der Waals surface area contributed by atoms with Crippen LogP contribution < -0.4 is 0 Å². The molecule has 58 valence electrons. The van der Waals surface area contributed by atoms with Gasteiger partial charge in [-0.25, -0.2) is 0 Å². The van der Waals surface area contributed by atoms with Gasteiger partial charge in [-0.15, -0.1) is 0 Å². The van der Waals surface area contributed by atoms with E-state index in [0.29, 0.717) is 5.76 Å². The van der Waals surface area contributed by atoms with Crippen LogP contribution in [0.1, 0.15) is 18.1 Å². The molecular weight excluding hydrogens is 136 g/mol. The first-order valence-electron chi connectivity index (χ1n) is 3.66. The normalized spacial score (nSPS) is 11.6. The van der Waals surface area contributed by atoms with E-state index in [-0.39, 0.29) is 0 Å². The quantitative estimate of drug-likeness (QED) is 0.607. The van der Waals surface area contributed by atoms with E-state index in [2.05, 4.69) is 0 Å². The van der Waals surface area contributed by atoms with Crippen LogP contribution in [-0.4, -0.2) is 5.11 Å². The molecule has 0 unspecified atom stereocenters. The lowest BCUT2D eigenvalue weighted by atomic mass is 10.1. The molecule has 0 saturated carbocycles. The molecule has 0 amide bonds. The number of aliphatic hydroxyl groups is 1. The third-order valence-corrected chi connectivity index (χ3v) is 1.59. The van der Waals surface area contributed by atoms with Crippen molar-refractivity contribution >= 4 is 5.76 Å². The minimum Gasteiger partial charge on any atom is -0.508 e. The number of hydrogen-bond acceptors (Lipinski definition) is 1. The van der Waals surface area contributed by atoms with Crippen molar-refractivity contribution < 1.29 is 5.11 Å². The summed E-state index contributed by atoms with van der Waals surface area (Å²) < 4.78 is 0. The largest absolute Gasteiger partial charge is 0.508 e. The highest BCUT2D eigenvalue weighted by atomic mass is 16.3. The zero-order valence-electron chi connectivity index (χ0n) is 6.83. The van der Waals surface area contributed by atoms with Crippen LogP contribution in [0.3, 0.4) is 0 Å². The van der Waals surface area contributed by atoms with Gasteiger partial charge in [0.1, 0.15) is 5.76 Å². The molecule has 11 heavy (non-hydrogen) atoms. The summed E-state index contributed by atoms with van der Waals surface area (Å²) in [6.45, 7) is 3.82. The van der Waals surface area contributed by atoms with Gasteiger partial charge in [-0.3, -0.25) is 0 Å². The second-order valence-corrected chi connectivity index (χ2v) is 2.54. The fourth-order valence-electron chi connectivity index (χ4n) is 0.971. The maximum absolute atomic E-state index is 9.31. The average Bonchev–Trinajstić information content (AvgIpc) is 2.03. The van der Waals surface area contributed by atoms with Crippen molar-refractivity contribution in [2.45, 2.75) is 13.8 Å². The highest BCUT2D eigenvalue weighted by Gasteiger charge is 1.95. The minimum atomic E-state index is 0.341. The Morgan fingerprint density at radius 2 is 2.18 bits per heavy atom. The summed E-state index contributed by atoms with van der Waals surface area (Å²) in [5.41, 5.74) is 2.04. The lowest BCUT2D eigenvalue weighted by molar-refractivity contribution is 0.511. The SMILES string of the molecule is CC=C(O)c1cccc(C)c1. The van der Waals surface area contributed by atoms with Crippen molar-refractivity contribution in [1.29, 1.82) is 0 Å². The molecule has 1 rings (SSSR count). The summed E-state index contributed by atoms with van der Waals surface area (Å²) in [4.78, 5) is 0. The predicted molar refractivity (Wildman–Crippen MR) is 47.5 cm³/mol. The molecule has 0 aliphatic rings. The molecule has 0 heterocycles. The van der Waals surface area contributed by atoms with Gasteiger partial charge in [-0.05, 0) is 26.0 Å². The first kappa shape index (κ1) is 7.86. The van der Waals surface area contributed by atoms with Gasteiger partial charge in [-0.2, -0.15) is 0 Å². The van der Waals surface area contributed by atoms with E-state index >= 15 is 0 Å². The summed E-state index contributed by atoms with van der Waals surface area (Å²) in [7, 11) is 0. The molecule has 0 radical (unpaired) electrons. The zero-order valence-corrected chi connectivity index (χ0v) is 6.83. The van der Waals surface area contributed by atoms with Gasteiger partial charge in [0.2, 0.25) is 0 Å². The van der Waals surface area contributed by atoms with Crippen molar-refractivity contribution in [3.8, 4) is 0 Å². The third kappa shape index (κ3) is 1.84. The molecule has 0 fully saturated rings. The predicted octanol–water partition coefficient (Wildman–Crippen LogP) is 2.91. The van der Waals surface area contributed by atoms with Gasteiger partial charge < -0.3 is 5.11 Å². The van der Waals surface area contributed by atoms with Crippen LogP contribution in [0.2, 0.25) is 0 Å². The monoisotopic (exact) mass is 148 g/mol. The Kier molecular flexibility index (Phi) is 2.32. The van der Waals surface area contributed by atoms with Gasteiger partial charge in [-0.1, -0.05) is 23.8 Å². The molecule has 1 aromatic carbocycles. The van der Waals surface area contributed by atoms with Crippen molar-refractivity contribution in [3.05, 3.63) is 41.5 Å². The van der Waals surface area contributed by atoms with Gasteiger partial charge in [0.15, 0.2) is 0 Å². The first-order chi connectivity index (χ1) is 5.24. The van der Waals surface area contributed by atoms with E-state index < -0.39 is 0 Å². The van der Waals surface area contributed by atoms with E-state index in [1.165, 1.54) is 0 Å². The molecule has 0 bridgehead atoms. The second kappa shape index (κ2) is 3.24. The van der Waals surface area contributed by atoms with Crippen LogP contribution in [0.4, 0.5) is 0 Å². The van der Waals surface area contributed by atoms with Crippen molar-refractivity contribution in [3.63, 3.8) is 0 Å². The van der Waals surface area contributed by atoms with E-state index in [1.54, 1.807) is 6.08 Å². The summed E-state index contributed by atoms with van der Waals surface area (Å²) in [5.74, 6) is 0.341. The Bertz CT molecular complexity index is 274. The molecule has 1 nitrogen and oxygen atoms in total. The Labute approximate surface area is 67.0 Å². The zero-order chi connectivity index (χ0) is 8.27. The van der Waals surface area contributed by atoms with Gasteiger partial charge in [0.05, 0.1) is 0 Å². The highest BCUT2D eigenvalue weighted by molar-refractivity contribution is 5.58. The van der Waals surface area contributed by atoms with Gasteiger partial charge in [0.25, 0.3) is 0 Å². The third-order valence-electron chi connectivity index (χ3n) is 1.59. The van der Waals surface area contributed by atoms with Gasteiger partial charge in [0, 0.05) is 5.56 Å². The molecule has 0 aliphatic heterocycles. The maximum atomic E-state index is 9.31. The summed E-state index contributed by atoms with van der Waals surface area (Å²) >= 11 is 0. The maximum Gasteiger partial charge on any atom is 0.118 e. The van der Waals surface area contributed by atoms with E-state index in [1.807, 2.05) is 38.1 Å². The van der Waals surface area contributed by atoms with Crippen LogP contribution in [0.15, 0.2) is 30.3 Å². The molecule has 0 aromatic heterocycles. The molecular formula is C10H12O. The number of allylic oxidation sites excluding steroid dienone is 1. The fraction of sp³-hybridized carbons (Fsp3) is 0.200. The lowest BCUT2D eigenvalue weighted by Crippen LogP contribution is -1.82. The Hall–Kier alpha value is -1.24. The Morgan fingerprint density at radius 3 is 2.73 bits per heavy atom. The van der Waals surface area contributed by atoms with Crippen LogP contribution >= 0.6 is 0 Å². The fourth-order valence-corrected chi connectivity index (χ4v) is 0.971. The van der Waals surface area contributed by atoms with Crippen molar-refractivity contribution in [2.24, 2.45) is 0 Å². The van der Waals surface area contributed by atoms with Crippen molar-refractivity contribution in [1.82, 2.24) is 0 Å². The summed E-state index contributed by atoms with van der Waals surface area (Å²) in [5, 5.41) is 9.31. The van der Waals surface area contributed by atoms with Crippen molar-refractivity contribution in [2.75, 3.05) is 0 Å². The Morgan fingerprint density at radius 1 is 1.45 bits per heavy atom. The number of aliphatic hydroxyl groups excluding tert-OH is 1. The average molecular weight is 148 g/mol. The molecule has 0 aliphatic carbocycles. The Balaban J connectivity index is 3.06. The number of aryl methyl sites for hydroxylation is 1. The van der Waals surface area contributed by atoms with Crippen LogP contribution in [0.25, 0.3) is 5.76 Å². The number of rotatable bonds is 1. The minimum absolute atomic E-state index is 0.341. The smallest absolute Gasteiger partial charge is 0.118 e. The van der Waals surface area contributed by atoms with E-state index in [0.717, 1.165) is 11.1 Å². The standard InChI is InChI=1S/C10H12O/c1-3-10(11)9-6-4-5-8(2)7-9/h3-7,11H,1-2H3. The molecule has 0 spiro atoms. The molecule has 0 atom stereocenters. The van der Waals surface area contributed by atoms with E-state index in [9.17, 15) is 5.11 Å². The molecule has 1 heteroatoms. The lowest BCUT2D eigenvalue weighted by Gasteiger charge is -1.99. The number of hydrogen-bond donors (Lipinski definition) is 1. The van der Waals surface area contributed by atoms with Crippen LogP contribution in [0, 0.1) is 6.92 Å². The summed E-state index contributed by atoms with van der Waals surface area (Å²) in [6.07, 6.45) is 1.69. The highest BCUT2D eigenvalue weighted by Crippen LogP contribution is 2.11. The topological polar surface area (TPSA) is 20.2 Å². The molecule has 0 saturated heterocycles. The molecule has 1 N–H and O–H groups in total. The molecule has 1 aromatic rings. The van der Waals surface area contributed by atoms with E-state index in [4.69, 9.17) is 0 Å².